The summed E-state index contributed by atoms with van der Waals surface area (Å²) in [5.41, 5.74) is 5.56. The van der Waals surface area contributed by atoms with Gasteiger partial charge < -0.3 is 10.6 Å². The first kappa shape index (κ1) is 13.5. The number of nitrogen functional groups attached to an aromatic ring is 1. The molecule has 1 heterocycles. The van der Waals surface area contributed by atoms with Crippen molar-refractivity contribution in [1.82, 2.24) is 14.7 Å². The lowest BCUT2D eigenvalue weighted by Gasteiger charge is -2.23. The van der Waals surface area contributed by atoms with Crippen LogP contribution in [-0.2, 0) is 6.54 Å². The molecule has 0 saturated carbocycles. The molecule has 0 spiro atoms. The van der Waals surface area contributed by atoms with Gasteiger partial charge in [0.2, 0.25) is 0 Å². The van der Waals surface area contributed by atoms with E-state index in [1.54, 1.807) is 6.07 Å². The average molecular weight is 235 g/mol. The Kier molecular flexibility index (Phi) is 5.50. The second kappa shape index (κ2) is 6.92. The first-order valence-corrected chi connectivity index (χ1v) is 6.00. The van der Waals surface area contributed by atoms with E-state index in [0.717, 1.165) is 26.2 Å². The van der Waals surface area contributed by atoms with E-state index in [0.29, 0.717) is 18.2 Å². The molecule has 5 nitrogen and oxygen atoms in total. The van der Waals surface area contributed by atoms with Crippen molar-refractivity contribution in [3.63, 3.8) is 0 Å². The molecule has 0 atom stereocenters. The molecule has 94 valence electrons. The Labute approximate surface area is 103 Å². The van der Waals surface area contributed by atoms with E-state index in [9.17, 15) is 0 Å². The summed E-state index contributed by atoms with van der Waals surface area (Å²) in [6.07, 6.45) is 2.46. The molecule has 2 N–H and O–H groups in total. The van der Waals surface area contributed by atoms with Crippen molar-refractivity contribution in [3.05, 3.63) is 12.3 Å². The number of rotatable bonds is 7. The fourth-order valence-corrected chi connectivity index (χ4v) is 1.76. The predicted octanol–water partition coefficient (Wildman–Crippen LogP) is 1.34. The summed E-state index contributed by atoms with van der Waals surface area (Å²) in [5, 5.41) is 12.8. The van der Waals surface area contributed by atoms with Gasteiger partial charge in [0.05, 0.1) is 12.6 Å². The molecule has 0 unspecified atom stereocenters. The molecule has 17 heavy (non-hydrogen) atoms. The third-order valence-corrected chi connectivity index (χ3v) is 2.47. The third kappa shape index (κ3) is 5.36. The van der Waals surface area contributed by atoms with Gasteiger partial charge in [0.15, 0.2) is 0 Å². The zero-order valence-corrected chi connectivity index (χ0v) is 10.6. The highest BCUT2D eigenvalue weighted by atomic mass is 15.3. The molecule has 1 aromatic heterocycles. The van der Waals surface area contributed by atoms with E-state index in [1.165, 1.54) is 0 Å². The number of nitrogens with two attached hydrogens (primary N) is 1. The number of anilines is 1. The second-order valence-corrected chi connectivity index (χ2v) is 4.61. The fraction of sp³-hybridized carbons (Fsp3) is 0.667. The van der Waals surface area contributed by atoms with Crippen LogP contribution in [0.3, 0.4) is 0 Å². The van der Waals surface area contributed by atoms with E-state index in [-0.39, 0.29) is 0 Å². The van der Waals surface area contributed by atoms with Gasteiger partial charge in [-0.1, -0.05) is 13.8 Å². The molecule has 0 radical (unpaired) electrons. The van der Waals surface area contributed by atoms with Crippen LogP contribution in [0.15, 0.2) is 12.3 Å². The van der Waals surface area contributed by atoms with Crippen LogP contribution in [0.1, 0.15) is 20.3 Å². The Morgan fingerprint density at radius 3 is 2.82 bits per heavy atom. The molecule has 0 aliphatic rings. The van der Waals surface area contributed by atoms with Crippen molar-refractivity contribution >= 4 is 5.82 Å². The second-order valence-electron chi connectivity index (χ2n) is 4.61. The lowest BCUT2D eigenvalue weighted by molar-refractivity contribution is 0.237. The number of aromatic nitrogens is 2. The van der Waals surface area contributed by atoms with Crippen molar-refractivity contribution in [1.29, 1.82) is 5.26 Å². The highest BCUT2D eigenvalue weighted by molar-refractivity contribution is 5.23. The van der Waals surface area contributed by atoms with E-state index >= 15 is 0 Å². The van der Waals surface area contributed by atoms with Gasteiger partial charge in [-0.15, -0.1) is 0 Å². The van der Waals surface area contributed by atoms with Gasteiger partial charge in [-0.05, 0) is 12.0 Å². The highest BCUT2D eigenvalue weighted by Gasteiger charge is 2.07. The molecular formula is C12H21N5. The number of nitrogens with zero attached hydrogens (tertiary/aromatic N) is 4. The molecular weight excluding hydrogens is 214 g/mol. The zero-order chi connectivity index (χ0) is 12.7. The van der Waals surface area contributed by atoms with Crippen LogP contribution in [-0.4, -0.2) is 34.3 Å². The normalized spacial score (nSPS) is 11.0. The topological polar surface area (TPSA) is 70.9 Å². The van der Waals surface area contributed by atoms with Gasteiger partial charge >= 0.3 is 0 Å². The van der Waals surface area contributed by atoms with Crippen molar-refractivity contribution < 1.29 is 0 Å². The summed E-state index contributed by atoms with van der Waals surface area (Å²) in [5.74, 6) is 1.16. The monoisotopic (exact) mass is 235 g/mol. The molecule has 5 heteroatoms. The first-order valence-electron chi connectivity index (χ1n) is 6.00. The maximum Gasteiger partial charge on any atom is 0.145 e. The SMILES string of the molecule is CC(C)CN(CCC#N)CCn1ccc(N)n1. The van der Waals surface area contributed by atoms with Crippen molar-refractivity contribution in [2.24, 2.45) is 5.92 Å². The average Bonchev–Trinajstić information content (AvgIpc) is 2.68. The number of hydrogen-bond acceptors (Lipinski definition) is 4. The molecule has 0 aliphatic heterocycles. The van der Waals surface area contributed by atoms with Crippen LogP contribution in [0.2, 0.25) is 0 Å². The van der Waals surface area contributed by atoms with Crippen LogP contribution < -0.4 is 5.73 Å². The van der Waals surface area contributed by atoms with E-state index in [2.05, 4.69) is 29.9 Å². The largest absolute Gasteiger partial charge is 0.382 e. The maximum atomic E-state index is 8.63. The quantitative estimate of drug-likeness (QED) is 0.774. The summed E-state index contributed by atoms with van der Waals surface area (Å²) >= 11 is 0. The molecule has 0 saturated heterocycles. The molecule has 0 aromatic carbocycles. The molecule has 0 amide bonds. The van der Waals surface area contributed by atoms with E-state index < -0.39 is 0 Å². The fourth-order valence-electron chi connectivity index (χ4n) is 1.76. The molecule has 0 fully saturated rings. The lowest BCUT2D eigenvalue weighted by Crippen LogP contribution is -2.32. The summed E-state index contributed by atoms with van der Waals surface area (Å²) in [7, 11) is 0. The summed E-state index contributed by atoms with van der Waals surface area (Å²) in [6, 6.07) is 3.98. The van der Waals surface area contributed by atoms with Gasteiger partial charge in [-0.2, -0.15) is 10.4 Å². The minimum atomic E-state index is 0.553. The van der Waals surface area contributed by atoms with Crippen LogP contribution in [0.4, 0.5) is 5.82 Å². The third-order valence-electron chi connectivity index (χ3n) is 2.47. The van der Waals surface area contributed by atoms with Crippen molar-refractivity contribution in [2.45, 2.75) is 26.8 Å². The molecule has 1 aromatic rings. The number of hydrogen-bond donors (Lipinski definition) is 1. The van der Waals surface area contributed by atoms with Gasteiger partial charge in [-0.3, -0.25) is 4.68 Å². The van der Waals surface area contributed by atoms with E-state index in [4.69, 9.17) is 11.0 Å². The first-order chi connectivity index (χ1) is 8.11. The van der Waals surface area contributed by atoms with Gasteiger partial charge in [-0.25, -0.2) is 0 Å². The van der Waals surface area contributed by atoms with Gasteiger partial charge in [0, 0.05) is 32.3 Å². The zero-order valence-electron chi connectivity index (χ0n) is 10.6. The van der Waals surface area contributed by atoms with Crippen LogP contribution in [0.5, 0.6) is 0 Å². The molecule has 0 bridgehead atoms. The Morgan fingerprint density at radius 2 is 2.29 bits per heavy atom. The number of nitriles is 1. The Bertz CT molecular complexity index is 363. The van der Waals surface area contributed by atoms with Gasteiger partial charge in [0.25, 0.3) is 0 Å². The standard InChI is InChI=1S/C12H21N5/c1-11(2)10-16(6-3-5-13)8-9-17-7-4-12(14)15-17/h4,7,11H,3,6,8-10H2,1-2H3,(H2,14,15). The highest BCUT2D eigenvalue weighted by Crippen LogP contribution is 2.02. The minimum absolute atomic E-state index is 0.553. The molecule has 0 aliphatic carbocycles. The minimum Gasteiger partial charge on any atom is -0.382 e. The summed E-state index contributed by atoms with van der Waals surface area (Å²) < 4.78 is 1.84. The van der Waals surface area contributed by atoms with Crippen LogP contribution >= 0.6 is 0 Å². The Hall–Kier alpha value is -1.54. The van der Waals surface area contributed by atoms with Crippen LogP contribution in [0.25, 0.3) is 0 Å². The van der Waals surface area contributed by atoms with Crippen LogP contribution in [0, 0.1) is 17.2 Å². The van der Waals surface area contributed by atoms with E-state index in [1.807, 2.05) is 10.9 Å². The maximum absolute atomic E-state index is 8.63. The van der Waals surface area contributed by atoms with Crippen molar-refractivity contribution in [2.75, 3.05) is 25.4 Å². The lowest BCUT2D eigenvalue weighted by atomic mass is 10.2. The summed E-state index contributed by atoms with van der Waals surface area (Å²) in [4.78, 5) is 2.30. The smallest absolute Gasteiger partial charge is 0.145 e. The predicted molar refractivity (Wildman–Crippen MR) is 68.1 cm³/mol. The Morgan fingerprint density at radius 1 is 1.53 bits per heavy atom. The van der Waals surface area contributed by atoms with Gasteiger partial charge in [0.1, 0.15) is 5.82 Å². The van der Waals surface area contributed by atoms with Crippen molar-refractivity contribution in [3.8, 4) is 6.07 Å². The Balaban J connectivity index is 2.40. The molecule has 1 rings (SSSR count). The summed E-state index contributed by atoms with van der Waals surface area (Å²) in [6.45, 7) is 7.93.